The average Bonchev–Trinajstić information content (AvgIpc) is 2.99. The normalized spacial score (nSPS) is 16.7. The van der Waals surface area contributed by atoms with Crippen LogP contribution < -0.4 is 10.1 Å². The van der Waals surface area contributed by atoms with Crippen LogP contribution in [0.15, 0.2) is 60.9 Å². The van der Waals surface area contributed by atoms with Gasteiger partial charge in [-0.25, -0.2) is 4.98 Å². The van der Waals surface area contributed by atoms with E-state index < -0.39 is 0 Å². The van der Waals surface area contributed by atoms with Crippen LogP contribution >= 0.6 is 11.8 Å². The minimum absolute atomic E-state index is 0.00237. The number of hydrogen-bond acceptors (Lipinski definition) is 4. The maximum Gasteiger partial charge on any atom is 0.235 e. The van der Waals surface area contributed by atoms with Crippen molar-refractivity contribution in [2.75, 3.05) is 18.2 Å². The molecule has 1 unspecified atom stereocenters. The molecule has 1 N–H and O–H groups in total. The minimum atomic E-state index is -0.0272. The summed E-state index contributed by atoms with van der Waals surface area (Å²) in [4.78, 5) is 16.5. The number of nitrogens with one attached hydrogen (secondary N) is 1. The van der Waals surface area contributed by atoms with Crippen molar-refractivity contribution in [2.24, 2.45) is 0 Å². The molecule has 0 bridgehead atoms. The Morgan fingerprint density at radius 3 is 2.64 bits per heavy atom. The number of imidazole rings is 1. The highest BCUT2D eigenvalue weighted by Crippen LogP contribution is 2.42. The summed E-state index contributed by atoms with van der Waals surface area (Å²) in [6, 6.07) is 18.0. The number of carbonyl (C=O) groups is 1. The molecule has 1 aromatic heterocycles. The van der Waals surface area contributed by atoms with Gasteiger partial charge in [0.25, 0.3) is 0 Å². The standard InChI is InChI=1S/C19H17N3O2S/c1-24-15-9-7-13(8-10-15)18-17-19(21-16(23)11-25-18)20-12-22(17)14-5-3-2-4-6-14/h2-10,12,18H,11H2,1H3,(H,21,23). The van der Waals surface area contributed by atoms with Crippen LogP contribution in [0.25, 0.3) is 5.69 Å². The molecule has 126 valence electrons. The number of amides is 1. The van der Waals surface area contributed by atoms with Crippen LogP contribution in [0.4, 0.5) is 5.82 Å². The quantitative estimate of drug-likeness (QED) is 0.782. The van der Waals surface area contributed by atoms with Gasteiger partial charge in [-0.3, -0.25) is 9.36 Å². The molecule has 0 saturated heterocycles. The number of para-hydroxylation sites is 1. The molecule has 3 aromatic rings. The zero-order valence-corrected chi connectivity index (χ0v) is 14.5. The Morgan fingerprint density at radius 1 is 1.16 bits per heavy atom. The molecule has 0 aliphatic carbocycles. The number of carbonyl (C=O) groups excluding carboxylic acids is 1. The third kappa shape index (κ3) is 3.00. The number of benzene rings is 2. The van der Waals surface area contributed by atoms with Crippen LogP contribution in [-0.2, 0) is 4.79 Å². The molecule has 1 aliphatic rings. The molecule has 1 atom stereocenters. The number of ether oxygens (including phenoxy) is 1. The molecule has 0 fully saturated rings. The van der Waals surface area contributed by atoms with E-state index >= 15 is 0 Å². The van der Waals surface area contributed by atoms with E-state index in [-0.39, 0.29) is 11.2 Å². The number of rotatable bonds is 3. The lowest BCUT2D eigenvalue weighted by Crippen LogP contribution is -2.12. The highest BCUT2D eigenvalue weighted by Gasteiger charge is 2.29. The van der Waals surface area contributed by atoms with Crippen molar-refractivity contribution in [3.8, 4) is 11.4 Å². The monoisotopic (exact) mass is 351 g/mol. The summed E-state index contributed by atoms with van der Waals surface area (Å²) in [6.45, 7) is 0. The summed E-state index contributed by atoms with van der Waals surface area (Å²) in [5, 5.41) is 2.92. The van der Waals surface area contributed by atoms with Crippen LogP contribution in [0.3, 0.4) is 0 Å². The molecule has 5 nitrogen and oxygen atoms in total. The molecular formula is C19H17N3O2S. The van der Waals surface area contributed by atoms with Gasteiger partial charge < -0.3 is 10.1 Å². The Bertz CT molecular complexity index is 891. The van der Waals surface area contributed by atoms with Crippen LogP contribution in [0.5, 0.6) is 5.75 Å². The molecule has 6 heteroatoms. The van der Waals surface area contributed by atoms with Crippen molar-refractivity contribution < 1.29 is 9.53 Å². The summed E-state index contributed by atoms with van der Waals surface area (Å²) in [6.07, 6.45) is 1.77. The van der Waals surface area contributed by atoms with E-state index in [9.17, 15) is 4.79 Å². The molecule has 0 saturated carbocycles. The summed E-state index contributed by atoms with van der Waals surface area (Å²) in [5.41, 5.74) is 3.11. The Hall–Kier alpha value is -2.73. The SMILES string of the molecule is COc1ccc(C2SCC(=O)Nc3ncn(-c4ccccc4)c32)cc1. The zero-order chi connectivity index (χ0) is 17.2. The lowest BCUT2D eigenvalue weighted by Gasteiger charge is -2.18. The first kappa shape index (κ1) is 15.8. The fraction of sp³-hybridized carbons (Fsp3) is 0.158. The minimum Gasteiger partial charge on any atom is -0.497 e. The van der Waals surface area contributed by atoms with Gasteiger partial charge in [0.1, 0.15) is 12.1 Å². The Kier molecular flexibility index (Phi) is 4.19. The van der Waals surface area contributed by atoms with Crippen molar-refractivity contribution >= 4 is 23.5 Å². The number of aromatic nitrogens is 2. The Morgan fingerprint density at radius 2 is 1.92 bits per heavy atom. The van der Waals surface area contributed by atoms with Crippen molar-refractivity contribution in [1.82, 2.24) is 9.55 Å². The van der Waals surface area contributed by atoms with Gasteiger partial charge in [-0.15, -0.1) is 11.8 Å². The smallest absolute Gasteiger partial charge is 0.235 e. The third-order valence-corrected chi connectivity index (χ3v) is 5.40. The molecule has 4 rings (SSSR count). The highest BCUT2D eigenvalue weighted by atomic mass is 32.2. The second kappa shape index (κ2) is 6.64. The van der Waals surface area contributed by atoms with Crippen LogP contribution in [-0.4, -0.2) is 28.3 Å². The van der Waals surface area contributed by atoms with E-state index in [1.54, 1.807) is 25.2 Å². The first-order chi connectivity index (χ1) is 12.3. The molecule has 1 amide bonds. The first-order valence-electron chi connectivity index (χ1n) is 7.94. The number of anilines is 1. The zero-order valence-electron chi connectivity index (χ0n) is 13.7. The third-order valence-electron chi connectivity index (χ3n) is 4.14. The van der Waals surface area contributed by atoms with Crippen molar-refractivity contribution in [2.45, 2.75) is 5.25 Å². The fourth-order valence-electron chi connectivity index (χ4n) is 2.94. The molecule has 2 aromatic carbocycles. The first-order valence-corrected chi connectivity index (χ1v) is 8.99. The summed E-state index contributed by atoms with van der Waals surface area (Å²) in [7, 11) is 1.65. The van der Waals surface area contributed by atoms with Crippen molar-refractivity contribution in [3.05, 3.63) is 72.2 Å². The van der Waals surface area contributed by atoms with E-state index in [4.69, 9.17) is 4.74 Å². The second-order valence-electron chi connectivity index (χ2n) is 5.70. The Balaban J connectivity index is 1.84. The molecular weight excluding hydrogens is 334 g/mol. The maximum atomic E-state index is 12.1. The lowest BCUT2D eigenvalue weighted by atomic mass is 10.1. The summed E-state index contributed by atoms with van der Waals surface area (Å²) in [5.74, 6) is 1.80. The molecule has 2 heterocycles. The molecule has 25 heavy (non-hydrogen) atoms. The van der Waals surface area contributed by atoms with E-state index in [0.29, 0.717) is 11.6 Å². The fourth-order valence-corrected chi connectivity index (χ4v) is 4.06. The topological polar surface area (TPSA) is 56.1 Å². The predicted octanol–water partition coefficient (Wildman–Crippen LogP) is 3.66. The number of hydrogen-bond donors (Lipinski definition) is 1. The van der Waals surface area contributed by atoms with Gasteiger partial charge in [0, 0.05) is 5.69 Å². The van der Waals surface area contributed by atoms with Gasteiger partial charge in [0.05, 0.1) is 23.8 Å². The van der Waals surface area contributed by atoms with Gasteiger partial charge in [-0.2, -0.15) is 0 Å². The van der Waals surface area contributed by atoms with E-state index in [2.05, 4.69) is 10.3 Å². The second-order valence-corrected chi connectivity index (χ2v) is 6.79. The number of thioether (sulfide) groups is 1. The van der Waals surface area contributed by atoms with E-state index in [1.807, 2.05) is 59.2 Å². The molecule has 1 aliphatic heterocycles. The number of fused-ring (bicyclic) bond motifs is 1. The number of methoxy groups -OCH3 is 1. The van der Waals surface area contributed by atoms with E-state index in [0.717, 1.165) is 22.7 Å². The predicted molar refractivity (Wildman–Crippen MR) is 99.5 cm³/mol. The largest absolute Gasteiger partial charge is 0.497 e. The van der Waals surface area contributed by atoms with Gasteiger partial charge >= 0.3 is 0 Å². The van der Waals surface area contributed by atoms with Crippen LogP contribution in [0.1, 0.15) is 16.5 Å². The molecule has 0 radical (unpaired) electrons. The van der Waals surface area contributed by atoms with Crippen LogP contribution in [0, 0.1) is 0 Å². The summed E-state index contributed by atoms with van der Waals surface area (Å²) >= 11 is 1.60. The average molecular weight is 351 g/mol. The van der Waals surface area contributed by atoms with E-state index in [1.165, 1.54) is 0 Å². The maximum absolute atomic E-state index is 12.1. The van der Waals surface area contributed by atoms with Crippen molar-refractivity contribution in [1.29, 1.82) is 0 Å². The van der Waals surface area contributed by atoms with Gasteiger partial charge in [-0.05, 0) is 29.8 Å². The van der Waals surface area contributed by atoms with Crippen LogP contribution in [0.2, 0.25) is 0 Å². The summed E-state index contributed by atoms with van der Waals surface area (Å²) < 4.78 is 7.30. The lowest BCUT2D eigenvalue weighted by molar-refractivity contribution is -0.113. The number of nitrogens with zero attached hydrogens (tertiary/aromatic N) is 2. The van der Waals surface area contributed by atoms with Gasteiger partial charge in [0.2, 0.25) is 5.91 Å². The van der Waals surface area contributed by atoms with Gasteiger partial charge in [0.15, 0.2) is 5.82 Å². The molecule has 0 spiro atoms. The Labute approximate surface area is 150 Å². The van der Waals surface area contributed by atoms with Gasteiger partial charge in [-0.1, -0.05) is 30.3 Å². The highest BCUT2D eigenvalue weighted by molar-refractivity contribution is 8.00. The van der Waals surface area contributed by atoms with Crippen molar-refractivity contribution in [3.63, 3.8) is 0 Å².